The van der Waals surface area contributed by atoms with Crippen LogP contribution in [-0.2, 0) is 0 Å². The molecular weight excluding hydrogens is 118 g/mol. The minimum absolute atomic E-state index is 0.847. The Kier molecular flexibility index (Phi) is 1.35. The van der Waals surface area contributed by atoms with E-state index in [4.69, 9.17) is 5.73 Å². The Morgan fingerprint density at radius 1 is 1.62 bits per heavy atom. The van der Waals surface area contributed by atoms with Gasteiger partial charge in [-0.05, 0) is 12.1 Å². The van der Waals surface area contributed by atoms with E-state index >= 15 is 0 Å². The average molecular weight is 125 g/mol. The standard InChI is InChI=1S/C6H7NS/c1-2-5-3-4-6(7)8-5/h2-4H,1,7H2. The van der Waals surface area contributed by atoms with Crippen LogP contribution in [0.25, 0.3) is 6.08 Å². The van der Waals surface area contributed by atoms with E-state index in [1.54, 1.807) is 17.4 Å². The van der Waals surface area contributed by atoms with Crippen LogP contribution in [0.2, 0.25) is 0 Å². The minimum Gasteiger partial charge on any atom is -0.391 e. The Hall–Kier alpha value is -0.760. The third-order valence-electron chi connectivity index (χ3n) is 0.849. The third-order valence-corrected chi connectivity index (χ3v) is 1.76. The van der Waals surface area contributed by atoms with Gasteiger partial charge in [0.05, 0.1) is 5.00 Å². The molecule has 0 aliphatic rings. The van der Waals surface area contributed by atoms with Crippen molar-refractivity contribution in [2.45, 2.75) is 0 Å². The number of hydrogen-bond donors (Lipinski definition) is 1. The highest BCUT2D eigenvalue weighted by molar-refractivity contribution is 7.16. The summed E-state index contributed by atoms with van der Waals surface area (Å²) in [5, 5.41) is 0.847. The fraction of sp³-hybridized carbons (Fsp3) is 0. The zero-order valence-corrected chi connectivity index (χ0v) is 5.24. The second-order valence-electron chi connectivity index (χ2n) is 1.44. The molecule has 0 unspecified atom stereocenters. The van der Waals surface area contributed by atoms with Gasteiger partial charge in [-0.2, -0.15) is 0 Å². The molecule has 1 nitrogen and oxygen atoms in total. The Morgan fingerprint density at radius 3 is 2.62 bits per heavy atom. The third kappa shape index (κ3) is 0.898. The largest absolute Gasteiger partial charge is 0.391 e. The van der Waals surface area contributed by atoms with Gasteiger partial charge in [0, 0.05) is 4.88 Å². The topological polar surface area (TPSA) is 26.0 Å². The van der Waals surface area contributed by atoms with Crippen LogP contribution in [0.15, 0.2) is 18.7 Å². The lowest BCUT2D eigenvalue weighted by atomic mass is 10.5. The maximum absolute atomic E-state index is 5.42. The maximum Gasteiger partial charge on any atom is 0.0862 e. The van der Waals surface area contributed by atoms with Gasteiger partial charge >= 0.3 is 0 Å². The molecule has 2 N–H and O–H groups in total. The molecule has 0 saturated carbocycles. The van der Waals surface area contributed by atoms with E-state index in [2.05, 4.69) is 6.58 Å². The number of rotatable bonds is 1. The Bertz CT molecular complexity index is 190. The van der Waals surface area contributed by atoms with Crippen molar-refractivity contribution in [1.29, 1.82) is 0 Å². The summed E-state index contributed by atoms with van der Waals surface area (Å²) < 4.78 is 0. The molecular formula is C6H7NS. The van der Waals surface area contributed by atoms with Crippen molar-refractivity contribution in [2.24, 2.45) is 0 Å². The van der Waals surface area contributed by atoms with Crippen LogP contribution >= 0.6 is 11.3 Å². The number of nitrogens with two attached hydrogens (primary N) is 1. The number of anilines is 1. The Labute approximate surface area is 52.5 Å². The van der Waals surface area contributed by atoms with Crippen molar-refractivity contribution >= 4 is 22.4 Å². The van der Waals surface area contributed by atoms with Gasteiger partial charge in [-0.3, -0.25) is 0 Å². The van der Waals surface area contributed by atoms with Crippen LogP contribution in [0.4, 0.5) is 5.00 Å². The molecule has 0 spiro atoms. The lowest BCUT2D eigenvalue weighted by Gasteiger charge is -1.75. The number of hydrogen-bond acceptors (Lipinski definition) is 2. The molecule has 0 aliphatic carbocycles. The molecule has 1 rings (SSSR count). The smallest absolute Gasteiger partial charge is 0.0862 e. The first-order valence-corrected chi connectivity index (χ1v) is 3.12. The van der Waals surface area contributed by atoms with Crippen molar-refractivity contribution in [3.05, 3.63) is 23.6 Å². The number of nitrogen functional groups attached to an aromatic ring is 1. The molecule has 1 aromatic rings. The van der Waals surface area contributed by atoms with Gasteiger partial charge in [-0.1, -0.05) is 12.7 Å². The lowest BCUT2D eigenvalue weighted by Crippen LogP contribution is -1.72. The van der Waals surface area contributed by atoms with E-state index in [0.717, 1.165) is 9.88 Å². The van der Waals surface area contributed by atoms with Crippen LogP contribution in [0, 0.1) is 0 Å². The van der Waals surface area contributed by atoms with E-state index in [9.17, 15) is 0 Å². The number of thiophene rings is 1. The average Bonchev–Trinajstić information content (AvgIpc) is 2.14. The van der Waals surface area contributed by atoms with Gasteiger partial charge in [-0.15, -0.1) is 11.3 Å². The van der Waals surface area contributed by atoms with E-state index in [-0.39, 0.29) is 0 Å². The monoisotopic (exact) mass is 125 g/mol. The van der Waals surface area contributed by atoms with Crippen molar-refractivity contribution in [3.63, 3.8) is 0 Å². The van der Waals surface area contributed by atoms with Crippen molar-refractivity contribution in [3.8, 4) is 0 Å². The van der Waals surface area contributed by atoms with Crippen molar-refractivity contribution < 1.29 is 0 Å². The van der Waals surface area contributed by atoms with Crippen LogP contribution in [-0.4, -0.2) is 0 Å². The van der Waals surface area contributed by atoms with Crippen molar-refractivity contribution in [2.75, 3.05) is 5.73 Å². The van der Waals surface area contributed by atoms with Crippen molar-refractivity contribution in [1.82, 2.24) is 0 Å². The minimum atomic E-state index is 0.847. The van der Waals surface area contributed by atoms with Crippen LogP contribution in [0.5, 0.6) is 0 Å². The summed E-state index contributed by atoms with van der Waals surface area (Å²) in [6.45, 7) is 3.60. The van der Waals surface area contributed by atoms with E-state index in [0.29, 0.717) is 0 Å². The summed E-state index contributed by atoms with van der Waals surface area (Å²) in [5.74, 6) is 0. The fourth-order valence-corrected chi connectivity index (χ4v) is 1.11. The molecule has 2 heteroatoms. The zero-order valence-electron chi connectivity index (χ0n) is 4.42. The molecule has 0 radical (unpaired) electrons. The molecule has 1 heterocycles. The maximum atomic E-state index is 5.42. The highest BCUT2D eigenvalue weighted by Crippen LogP contribution is 2.18. The second kappa shape index (κ2) is 2.01. The SMILES string of the molecule is C=Cc1ccc(N)s1. The van der Waals surface area contributed by atoms with Gasteiger partial charge in [-0.25, -0.2) is 0 Å². The van der Waals surface area contributed by atoms with Gasteiger partial charge in [0.15, 0.2) is 0 Å². The molecule has 8 heavy (non-hydrogen) atoms. The quantitative estimate of drug-likeness (QED) is 0.610. The van der Waals surface area contributed by atoms with Gasteiger partial charge < -0.3 is 5.73 Å². The predicted octanol–water partition coefficient (Wildman–Crippen LogP) is 1.97. The summed E-state index contributed by atoms with van der Waals surface area (Å²) in [4.78, 5) is 1.13. The molecule has 0 fully saturated rings. The summed E-state index contributed by atoms with van der Waals surface area (Å²) >= 11 is 1.55. The molecule has 0 amide bonds. The molecule has 42 valence electrons. The van der Waals surface area contributed by atoms with Gasteiger partial charge in [0.1, 0.15) is 0 Å². The normalized spacial score (nSPS) is 9.00. The fourth-order valence-electron chi connectivity index (χ4n) is 0.478. The lowest BCUT2D eigenvalue weighted by molar-refractivity contribution is 1.92. The molecule has 0 aliphatic heterocycles. The Balaban J connectivity index is 3.00. The molecule has 0 saturated heterocycles. The van der Waals surface area contributed by atoms with Crippen LogP contribution < -0.4 is 5.73 Å². The summed E-state index contributed by atoms with van der Waals surface area (Å²) in [7, 11) is 0. The molecule has 0 atom stereocenters. The first kappa shape index (κ1) is 5.38. The molecule has 0 aromatic carbocycles. The second-order valence-corrected chi connectivity index (χ2v) is 2.59. The highest BCUT2D eigenvalue weighted by Gasteiger charge is 1.87. The highest BCUT2D eigenvalue weighted by atomic mass is 32.1. The zero-order chi connectivity index (χ0) is 5.98. The first-order chi connectivity index (χ1) is 3.83. The van der Waals surface area contributed by atoms with E-state index in [1.807, 2.05) is 12.1 Å². The summed E-state index contributed by atoms with van der Waals surface area (Å²) in [6, 6.07) is 3.83. The molecule has 0 bridgehead atoms. The van der Waals surface area contributed by atoms with E-state index in [1.165, 1.54) is 0 Å². The van der Waals surface area contributed by atoms with E-state index < -0.39 is 0 Å². The van der Waals surface area contributed by atoms with Gasteiger partial charge in [0.25, 0.3) is 0 Å². The molecule has 1 aromatic heterocycles. The predicted molar refractivity (Wildman–Crippen MR) is 38.8 cm³/mol. The van der Waals surface area contributed by atoms with Crippen LogP contribution in [0.3, 0.4) is 0 Å². The Morgan fingerprint density at radius 2 is 2.38 bits per heavy atom. The summed E-state index contributed by atoms with van der Waals surface area (Å²) in [5.41, 5.74) is 5.42. The summed E-state index contributed by atoms with van der Waals surface area (Å²) in [6.07, 6.45) is 1.79. The van der Waals surface area contributed by atoms with Gasteiger partial charge in [0.2, 0.25) is 0 Å². The van der Waals surface area contributed by atoms with Crippen LogP contribution in [0.1, 0.15) is 4.88 Å². The first-order valence-electron chi connectivity index (χ1n) is 2.30.